The van der Waals surface area contributed by atoms with Crippen LogP contribution in [0.2, 0.25) is 10.0 Å². The lowest BCUT2D eigenvalue weighted by Gasteiger charge is -2.19. The zero-order chi connectivity index (χ0) is 14.7. The molecule has 0 fully saturated rings. The van der Waals surface area contributed by atoms with E-state index in [9.17, 15) is 0 Å². The molecule has 0 radical (unpaired) electrons. The summed E-state index contributed by atoms with van der Waals surface area (Å²) in [5.74, 6) is 0. The van der Waals surface area contributed by atoms with Gasteiger partial charge < -0.3 is 10.2 Å². The molecule has 0 amide bonds. The van der Waals surface area contributed by atoms with Gasteiger partial charge in [-0.05, 0) is 48.4 Å². The molecule has 2 aromatic carbocycles. The van der Waals surface area contributed by atoms with E-state index in [-0.39, 0.29) is 0 Å². The van der Waals surface area contributed by atoms with E-state index in [1.165, 1.54) is 11.1 Å². The minimum atomic E-state index is 0.728. The van der Waals surface area contributed by atoms with Crippen LogP contribution < -0.4 is 10.2 Å². The maximum Gasteiger partial charge on any atom is 0.0597 e. The van der Waals surface area contributed by atoms with Crippen LogP contribution in [0.15, 0.2) is 36.4 Å². The third kappa shape index (κ3) is 3.59. The van der Waals surface area contributed by atoms with Gasteiger partial charge in [-0.1, -0.05) is 29.3 Å². The number of nitrogens with one attached hydrogen (secondary N) is 1. The molecule has 0 saturated heterocycles. The number of hydrogen-bond donors (Lipinski definition) is 1. The van der Waals surface area contributed by atoms with Gasteiger partial charge >= 0.3 is 0 Å². The predicted octanol–water partition coefficient (Wildman–Crippen LogP) is 4.98. The largest absolute Gasteiger partial charge is 0.379 e. The molecule has 0 atom stereocenters. The Kier molecular flexibility index (Phi) is 4.79. The van der Waals surface area contributed by atoms with Gasteiger partial charge in [-0.3, -0.25) is 0 Å². The first-order chi connectivity index (χ1) is 9.47. The fourth-order valence-electron chi connectivity index (χ4n) is 2.09. The van der Waals surface area contributed by atoms with Gasteiger partial charge in [0.2, 0.25) is 0 Å². The molecule has 0 aliphatic rings. The molecule has 2 aromatic rings. The maximum atomic E-state index is 6.08. The van der Waals surface area contributed by atoms with Crippen LogP contribution in [-0.2, 0) is 6.54 Å². The van der Waals surface area contributed by atoms with Gasteiger partial charge in [0, 0.05) is 30.7 Å². The molecule has 0 heterocycles. The molecule has 20 heavy (non-hydrogen) atoms. The van der Waals surface area contributed by atoms with Crippen LogP contribution in [0, 0.1) is 6.92 Å². The number of aryl methyl sites for hydroxylation is 1. The van der Waals surface area contributed by atoms with Gasteiger partial charge in [0.15, 0.2) is 0 Å². The van der Waals surface area contributed by atoms with E-state index in [0.717, 1.165) is 28.0 Å². The van der Waals surface area contributed by atoms with Gasteiger partial charge in [-0.15, -0.1) is 0 Å². The highest BCUT2D eigenvalue weighted by Crippen LogP contribution is 2.28. The summed E-state index contributed by atoms with van der Waals surface area (Å²) in [5.41, 5.74) is 4.54. The van der Waals surface area contributed by atoms with Crippen LogP contribution in [0.3, 0.4) is 0 Å². The number of rotatable bonds is 4. The summed E-state index contributed by atoms with van der Waals surface area (Å²) < 4.78 is 0. The Labute approximate surface area is 130 Å². The lowest BCUT2D eigenvalue weighted by atomic mass is 10.1. The molecule has 1 N–H and O–H groups in total. The smallest absolute Gasteiger partial charge is 0.0597 e. The molecule has 2 rings (SSSR count). The number of halogens is 2. The maximum absolute atomic E-state index is 6.08. The minimum absolute atomic E-state index is 0.728. The van der Waals surface area contributed by atoms with Crippen molar-refractivity contribution in [2.45, 2.75) is 13.5 Å². The fraction of sp³-hybridized carbons (Fsp3) is 0.250. The summed E-state index contributed by atoms with van der Waals surface area (Å²) in [6, 6.07) is 11.8. The van der Waals surface area contributed by atoms with Crippen molar-refractivity contribution in [1.82, 2.24) is 0 Å². The summed E-state index contributed by atoms with van der Waals surface area (Å²) in [7, 11) is 4.03. The first kappa shape index (κ1) is 15.0. The molecule has 106 valence electrons. The van der Waals surface area contributed by atoms with Crippen molar-refractivity contribution in [2.24, 2.45) is 0 Å². The Morgan fingerprint density at radius 2 is 1.65 bits per heavy atom. The molecule has 0 saturated carbocycles. The third-order valence-electron chi connectivity index (χ3n) is 3.21. The van der Waals surface area contributed by atoms with Crippen LogP contribution in [0.5, 0.6) is 0 Å². The average molecular weight is 309 g/mol. The Morgan fingerprint density at radius 3 is 2.30 bits per heavy atom. The van der Waals surface area contributed by atoms with Gasteiger partial charge in [0.1, 0.15) is 0 Å². The van der Waals surface area contributed by atoms with Gasteiger partial charge in [0.05, 0.1) is 11.4 Å². The monoisotopic (exact) mass is 308 g/mol. The second kappa shape index (κ2) is 6.38. The van der Waals surface area contributed by atoms with Crippen molar-refractivity contribution in [2.75, 3.05) is 24.3 Å². The standard InChI is InChI=1S/C16H18Cl2N2/c1-11-8-13(17)5-4-12(11)10-19-15-9-14(18)6-7-16(15)20(2)3/h4-9,19H,10H2,1-3H3. The molecule has 0 aromatic heterocycles. The summed E-state index contributed by atoms with van der Waals surface area (Å²) in [5, 5.41) is 4.94. The zero-order valence-corrected chi connectivity index (χ0v) is 13.4. The van der Waals surface area contributed by atoms with E-state index >= 15 is 0 Å². The molecule has 0 spiro atoms. The van der Waals surface area contributed by atoms with Crippen molar-refractivity contribution in [3.63, 3.8) is 0 Å². The average Bonchev–Trinajstić information content (AvgIpc) is 2.37. The predicted molar refractivity (Wildman–Crippen MR) is 89.3 cm³/mol. The van der Waals surface area contributed by atoms with Crippen molar-refractivity contribution in [1.29, 1.82) is 0 Å². The lowest BCUT2D eigenvalue weighted by molar-refractivity contribution is 1.09. The lowest BCUT2D eigenvalue weighted by Crippen LogP contribution is -2.12. The first-order valence-electron chi connectivity index (χ1n) is 6.43. The Morgan fingerprint density at radius 1 is 1.00 bits per heavy atom. The van der Waals surface area contributed by atoms with Gasteiger partial charge in [-0.2, -0.15) is 0 Å². The zero-order valence-electron chi connectivity index (χ0n) is 11.9. The fourth-order valence-corrected chi connectivity index (χ4v) is 2.49. The molecular weight excluding hydrogens is 291 g/mol. The molecule has 2 nitrogen and oxygen atoms in total. The molecule has 0 aliphatic heterocycles. The topological polar surface area (TPSA) is 15.3 Å². The summed E-state index contributed by atoms with van der Waals surface area (Å²) >= 11 is 12.1. The van der Waals surface area contributed by atoms with E-state index in [1.54, 1.807) is 0 Å². The van der Waals surface area contributed by atoms with E-state index in [0.29, 0.717) is 0 Å². The van der Waals surface area contributed by atoms with Crippen LogP contribution in [-0.4, -0.2) is 14.1 Å². The van der Waals surface area contributed by atoms with Crippen molar-refractivity contribution < 1.29 is 0 Å². The number of nitrogens with zero attached hydrogens (tertiary/aromatic N) is 1. The Bertz CT molecular complexity index is 609. The van der Waals surface area contributed by atoms with E-state index in [2.05, 4.69) is 17.1 Å². The molecular formula is C16H18Cl2N2. The summed E-state index contributed by atoms with van der Waals surface area (Å²) in [6.07, 6.45) is 0. The van der Waals surface area contributed by atoms with Crippen LogP contribution in [0.1, 0.15) is 11.1 Å². The normalized spacial score (nSPS) is 10.4. The van der Waals surface area contributed by atoms with E-state index in [1.807, 2.05) is 50.5 Å². The highest BCUT2D eigenvalue weighted by Gasteiger charge is 2.06. The van der Waals surface area contributed by atoms with Crippen LogP contribution >= 0.6 is 23.2 Å². The van der Waals surface area contributed by atoms with Crippen LogP contribution in [0.25, 0.3) is 0 Å². The second-order valence-electron chi connectivity index (χ2n) is 4.98. The first-order valence-corrected chi connectivity index (χ1v) is 7.19. The number of benzene rings is 2. The quantitative estimate of drug-likeness (QED) is 0.857. The van der Waals surface area contributed by atoms with Crippen molar-refractivity contribution in [3.05, 3.63) is 57.6 Å². The minimum Gasteiger partial charge on any atom is -0.379 e. The second-order valence-corrected chi connectivity index (χ2v) is 5.85. The third-order valence-corrected chi connectivity index (χ3v) is 3.68. The SMILES string of the molecule is Cc1cc(Cl)ccc1CNc1cc(Cl)ccc1N(C)C. The summed E-state index contributed by atoms with van der Waals surface area (Å²) in [4.78, 5) is 2.06. The highest BCUT2D eigenvalue weighted by molar-refractivity contribution is 6.31. The van der Waals surface area contributed by atoms with E-state index < -0.39 is 0 Å². The molecule has 0 unspecified atom stereocenters. The van der Waals surface area contributed by atoms with Gasteiger partial charge in [-0.25, -0.2) is 0 Å². The Hall–Kier alpha value is -1.38. The van der Waals surface area contributed by atoms with Crippen molar-refractivity contribution in [3.8, 4) is 0 Å². The number of anilines is 2. The van der Waals surface area contributed by atoms with Crippen molar-refractivity contribution >= 4 is 34.6 Å². The molecule has 0 aliphatic carbocycles. The van der Waals surface area contributed by atoms with Gasteiger partial charge in [0.25, 0.3) is 0 Å². The molecule has 4 heteroatoms. The summed E-state index contributed by atoms with van der Waals surface area (Å²) in [6.45, 7) is 2.80. The highest BCUT2D eigenvalue weighted by atomic mass is 35.5. The molecule has 0 bridgehead atoms. The van der Waals surface area contributed by atoms with E-state index in [4.69, 9.17) is 23.2 Å². The number of hydrogen-bond acceptors (Lipinski definition) is 2. The van der Waals surface area contributed by atoms with Crippen LogP contribution in [0.4, 0.5) is 11.4 Å². The Balaban J connectivity index is 2.20.